The summed E-state index contributed by atoms with van der Waals surface area (Å²) in [5.41, 5.74) is 0.377. The topological polar surface area (TPSA) is 32.3 Å². The predicted molar refractivity (Wildman–Crippen MR) is 39.3 cm³/mol. The highest BCUT2D eigenvalue weighted by atomic mass is 19.1. The molecule has 0 aliphatic heterocycles. The molecule has 0 aliphatic rings. The Labute approximate surface area is 69.9 Å². The largest absolute Gasteiger partial charge is 0.601 e. The summed E-state index contributed by atoms with van der Waals surface area (Å²) in [5, 5.41) is 10.6. The molecule has 1 aromatic rings. The van der Waals surface area contributed by atoms with E-state index in [-0.39, 0.29) is 0 Å². The molecule has 1 rings (SSSR count). The van der Waals surface area contributed by atoms with Gasteiger partial charge in [-0.05, 0) is 13.2 Å². The van der Waals surface area contributed by atoms with E-state index < -0.39 is 11.8 Å². The Hall–Kier alpha value is -1.60. The van der Waals surface area contributed by atoms with E-state index in [0.29, 0.717) is 5.56 Å². The van der Waals surface area contributed by atoms with E-state index in [0.717, 1.165) is 0 Å². The van der Waals surface area contributed by atoms with Crippen molar-refractivity contribution in [2.75, 3.05) is 7.11 Å². The van der Waals surface area contributed by atoms with Crippen molar-refractivity contribution in [1.82, 2.24) is 0 Å². The molecule has 0 aliphatic carbocycles. The van der Waals surface area contributed by atoms with Crippen LogP contribution in [0.5, 0.6) is 0 Å². The van der Waals surface area contributed by atoms with Gasteiger partial charge in [-0.25, -0.2) is 0 Å². The van der Waals surface area contributed by atoms with Gasteiger partial charge in [-0.15, -0.1) is 0 Å². The summed E-state index contributed by atoms with van der Waals surface area (Å²) < 4.78 is 16.9. The lowest BCUT2D eigenvalue weighted by atomic mass is 10.2. The molecule has 0 radical (unpaired) electrons. The van der Waals surface area contributed by atoms with Crippen LogP contribution in [0.4, 0.5) is 4.39 Å². The fraction of sp³-hybridized carbons (Fsp3) is 0.111. The summed E-state index contributed by atoms with van der Waals surface area (Å²) in [6, 6.07) is 5.57. The van der Waals surface area contributed by atoms with Crippen molar-refractivity contribution in [2.24, 2.45) is 0 Å². The van der Waals surface area contributed by atoms with Crippen molar-refractivity contribution >= 4 is 0 Å². The highest BCUT2D eigenvalue weighted by Crippen LogP contribution is 2.04. The van der Waals surface area contributed by atoms with Gasteiger partial charge >= 0.3 is 0 Å². The van der Waals surface area contributed by atoms with Crippen molar-refractivity contribution < 1.29 is 14.2 Å². The second kappa shape index (κ2) is 3.69. The minimum atomic E-state index is -0.611. The van der Waals surface area contributed by atoms with Crippen LogP contribution in [0.3, 0.4) is 0 Å². The second-order valence-electron chi connectivity index (χ2n) is 2.13. The van der Waals surface area contributed by atoms with Gasteiger partial charge < -0.3 is 9.84 Å². The molecule has 0 aromatic heterocycles. The first-order valence-electron chi connectivity index (χ1n) is 3.33. The van der Waals surface area contributed by atoms with Crippen LogP contribution in [0.1, 0.15) is 5.56 Å². The minimum Gasteiger partial charge on any atom is -0.601 e. The molecule has 0 saturated carbocycles. The molecule has 0 amide bonds. The van der Waals surface area contributed by atoms with Crippen LogP contribution in [0.15, 0.2) is 30.2 Å². The molecule has 0 heterocycles. The molecule has 12 heavy (non-hydrogen) atoms. The smallest absolute Gasteiger partial charge is 0.193 e. The highest BCUT2D eigenvalue weighted by Gasteiger charge is 2.01. The van der Waals surface area contributed by atoms with E-state index >= 15 is 0 Å². The first-order chi connectivity index (χ1) is 5.72. The van der Waals surface area contributed by atoms with E-state index in [1.165, 1.54) is 25.3 Å². The van der Waals surface area contributed by atoms with Gasteiger partial charge in [-0.2, -0.15) is 4.39 Å². The SMILES string of the molecule is COC([O-])=[C+]c1cccc(F)c1. The van der Waals surface area contributed by atoms with Gasteiger partial charge in [0.05, 0.1) is 18.2 Å². The number of benzene rings is 1. The predicted octanol–water partition coefficient (Wildman–Crippen LogP) is 0.825. The Bertz CT molecular complexity index is 294. The molecule has 0 spiro atoms. The fourth-order valence-corrected chi connectivity index (χ4v) is 0.735. The van der Waals surface area contributed by atoms with Crippen molar-refractivity contribution in [3.63, 3.8) is 0 Å². The molecule has 0 atom stereocenters. The zero-order valence-corrected chi connectivity index (χ0v) is 6.50. The van der Waals surface area contributed by atoms with Gasteiger partial charge in [0, 0.05) is 6.07 Å². The number of ether oxygens (including phenoxy) is 1. The lowest BCUT2D eigenvalue weighted by Gasteiger charge is -2.00. The number of hydrogen-bond acceptors (Lipinski definition) is 2. The van der Waals surface area contributed by atoms with Crippen molar-refractivity contribution in [3.05, 3.63) is 47.7 Å². The number of halogens is 1. The van der Waals surface area contributed by atoms with Crippen LogP contribution in [0.2, 0.25) is 0 Å². The van der Waals surface area contributed by atoms with Crippen molar-refractivity contribution in [1.29, 1.82) is 0 Å². The van der Waals surface area contributed by atoms with Gasteiger partial charge in [0.15, 0.2) is 17.3 Å². The van der Waals surface area contributed by atoms with Crippen LogP contribution < -0.4 is 5.11 Å². The molecule has 1 aromatic carbocycles. The Morgan fingerprint density at radius 2 is 2.33 bits per heavy atom. The average molecular weight is 166 g/mol. The monoisotopic (exact) mass is 166 g/mol. The van der Waals surface area contributed by atoms with E-state index in [2.05, 4.69) is 10.8 Å². The molecule has 0 unspecified atom stereocenters. The van der Waals surface area contributed by atoms with Crippen LogP contribution in [-0.2, 0) is 4.74 Å². The molecule has 62 valence electrons. The van der Waals surface area contributed by atoms with E-state index in [1.54, 1.807) is 6.07 Å². The van der Waals surface area contributed by atoms with Gasteiger partial charge in [-0.1, -0.05) is 0 Å². The summed E-state index contributed by atoms with van der Waals surface area (Å²) in [4.78, 5) is 0. The molecule has 0 bridgehead atoms. The van der Waals surface area contributed by atoms with Gasteiger partial charge in [0.2, 0.25) is 0 Å². The maximum atomic E-state index is 12.5. The molecule has 0 fully saturated rings. The minimum absolute atomic E-state index is 0.377. The van der Waals surface area contributed by atoms with E-state index in [1.807, 2.05) is 0 Å². The highest BCUT2D eigenvalue weighted by molar-refractivity contribution is 5.22. The number of methoxy groups -OCH3 is 1. The van der Waals surface area contributed by atoms with Gasteiger partial charge in [0.1, 0.15) is 0 Å². The Kier molecular flexibility index (Phi) is 2.62. The Balaban J connectivity index is 2.89. The summed E-state index contributed by atoms with van der Waals surface area (Å²) >= 11 is 0. The third-order valence-electron chi connectivity index (χ3n) is 1.26. The number of rotatable bonds is 2. The van der Waals surface area contributed by atoms with E-state index in [4.69, 9.17) is 0 Å². The third-order valence-corrected chi connectivity index (χ3v) is 1.26. The molecule has 2 nitrogen and oxygen atoms in total. The van der Waals surface area contributed by atoms with Crippen LogP contribution in [-0.4, -0.2) is 7.11 Å². The van der Waals surface area contributed by atoms with E-state index in [9.17, 15) is 9.50 Å². The molecule has 3 heteroatoms. The summed E-state index contributed by atoms with van der Waals surface area (Å²) in [7, 11) is 1.24. The maximum Gasteiger partial charge on any atom is 0.193 e. The fourth-order valence-electron chi connectivity index (χ4n) is 0.735. The normalized spacial score (nSPS) is 10.7. The first kappa shape index (κ1) is 8.50. The van der Waals surface area contributed by atoms with Gasteiger partial charge in [0.25, 0.3) is 0 Å². The zero-order chi connectivity index (χ0) is 8.97. The zero-order valence-electron chi connectivity index (χ0n) is 6.50. The summed E-state index contributed by atoms with van der Waals surface area (Å²) in [6.45, 7) is 0. The lowest BCUT2D eigenvalue weighted by Crippen LogP contribution is -2.05. The van der Waals surface area contributed by atoms with Crippen LogP contribution >= 0.6 is 0 Å². The average Bonchev–Trinajstić information content (AvgIpc) is 2.04. The standard InChI is InChI=1S/C9H7FO2/c1-12-9(11)6-7-3-2-4-8(10)5-7/h2-5H,1H3. The van der Waals surface area contributed by atoms with Gasteiger partial charge in [-0.3, -0.25) is 0 Å². The lowest BCUT2D eigenvalue weighted by molar-refractivity contribution is -0.354. The van der Waals surface area contributed by atoms with Crippen molar-refractivity contribution in [2.45, 2.75) is 0 Å². The third kappa shape index (κ3) is 2.22. The molecular formula is C9H7FO2. The first-order valence-corrected chi connectivity index (χ1v) is 3.33. The van der Waals surface area contributed by atoms with Crippen molar-refractivity contribution in [3.8, 4) is 0 Å². The van der Waals surface area contributed by atoms with Crippen LogP contribution in [0, 0.1) is 11.9 Å². The molecule has 0 saturated heterocycles. The summed E-state index contributed by atoms with van der Waals surface area (Å²) in [5.74, 6) is -1.01. The Morgan fingerprint density at radius 3 is 2.92 bits per heavy atom. The van der Waals surface area contributed by atoms with Crippen LogP contribution in [0.25, 0.3) is 0 Å². The second-order valence-corrected chi connectivity index (χ2v) is 2.13. The molecule has 0 N–H and O–H groups in total. The quantitative estimate of drug-likeness (QED) is 0.481. The Morgan fingerprint density at radius 1 is 1.58 bits per heavy atom. The summed E-state index contributed by atoms with van der Waals surface area (Å²) in [6.07, 6.45) is 2.33. The molecular weight excluding hydrogens is 159 g/mol. The maximum absolute atomic E-state index is 12.5. The number of hydrogen-bond donors (Lipinski definition) is 0.